The minimum absolute atomic E-state index is 0.0387. The van der Waals surface area contributed by atoms with Crippen LogP contribution in [0, 0.1) is 0 Å². The second kappa shape index (κ2) is 8.55. The van der Waals surface area contributed by atoms with Crippen LogP contribution in [0.5, 0.6) is 0 Å². The Bertz CT molecular complexity index is 986. The molecule has 8 heteroatoms. The van der Waals surface area contributed by atoms with Gasteiger partial charge in [0.1, 0.15) is 0 Å². The minimum Gasteiger partial charge on any atom is -0.348 e. The zero-order chi connectivity index (χ0) is 20.3. The maximum absolute atomic E-state index is 13.0. The van der Waals surface area contributed by atoms with Gasteiger partial charge >= 0.3 is 0 Å². The Labute approximate surface area is 179 Å². The number of halogens is 1. The van der Waals surface area contributed by atoms with E-state index in [9.17, 15) is 4.79 Å². The lowest BCUT2D eigenvalue weighted by molar-refractivity contribution is -0.130. The van der Waals surface area contributed by atoms with Crippen LogP contribution in [0.25, 0.3) is 0 Å². The molecule has 1 fully saturated rings. The van der Waals surface area contributed by atoms with E-state index < -0.39 is 5.41 Å². The molecule has 0 radical (unpaired) electrons. The molecule has 1 amide bonds. The van der Waals surface area contributed by atoms with E-state index >= 15 is 0 Å². The number of amides is 1. The largest absolute Gasteiger partial charge is 0.348 e. The van der Waals surface area contributed by atoms with E-state index in [2.05, 4.69) is 20.5 Å². The molecule has 2 aromatic heterocycles. The molecule has 4 rings (SSSR count). The number of thioether (sulfide) groups is 1. The summed E-state index contributed by atoms with van der Waals surface area (Å²) in [4.78, 5) is 17.3. The smallest absolute Gasteiger partial charge is 0.231 e. The van der Waals surface area contributed by atoms with Gasteiger partial charge in [0.15, 0.2) is 11.0 Å². The van der Waals surface area contributed by atoms with Crippen LogP contribution < -0.4 is 5.32 Å². The maximum Gasteiger partial charge on any atom is 0.231 e. The second-order valence-electron chi connectivity index (χ2n) is 7.19. The van der Waals surface area contributed by atoms with Crippen LogP contribution in [0.1, 0.15) is 36.3 Å². The van der Waals surface area contributed by atoms with Gasteiger partial charge in [0.25, 0.3) is 0 Å². The van der Waals surface area contributed by atoms with Crippen LogP contribution in [0.2, 0.25) is 5.02 Å². The third-order valence-electron chi connectivity index (χ3n) is 5.45. The molecular formula is C21H22ClN5OS. The molecule has 3 aromatic rings. The van der Waals surface area contributed by atoms with E-state index in [1.807, 2.05) is 54.1 Å². The summed E-state index contributed by atoms with van der Waals surface area (Å²) in [6.45, 7) is 0.349. The third kappa shape index (κ3) is 4.16. The normalized spacial score (nSPS) is 15.0. The minimum atomic E-state index is -0.459. The fraction of sp³-hybridized carbons (Fsp3) is 0.333. The van der Waals surface area contributed by atoms with Gasteiger partial charge in [-0.25, -0.2) is 0 Å². The van der Waals surface area contributed by atoms with Gasteiger partial charge in [0, 0.05) is 24.0 Å². The Morgan fingerprint density at radius 1 is 1.21 bits per heavy atom. The first-order valence-electron chi connectivity index (χ1n) is 9.54. The lowest BCUT2D eigenvalue weighted by atomic mass is 9.64. The standard InChI is InChI=1S/C21H22ClN5OS/c1-27-18(25-26-20(27)29-14-17-5-2-3-12-23-17)13-24-19(28)21(10-4-11-21)15-6-8-16(22)9-7-15/h2-3,5-9,12H,4,10-11,13-14H2,1H3,(H,24,28). The first-order valence-corrected chi connectivity index (χ1v) is 10.9. The Balaban J connectivity index is 1.39. The molecule has 1 aromatic carbocycles. The average Bonchev–Trinajstić information content (AvgIpc) is 3.06. The van der Waals surface area contributed by atoms with Gasteiger partial charge < -0.3 is 9.88 Å². The Kier molecular flexibility index (Phi) is 5.87. The van der Waals surface area contributed by atoms with Gasteiger partial charge in [-0.1, -0.05) is 48.0 Å². The van der Waals surface area contributed by atoms with Crippen molar-refractivity contribution in [3.8, 4) is 0 Å². The number of hydrogen-bond donors (Lipinski definition) is 1. The van der Waals surface area contributed by atoms with Crippen molar-refractivity contribution in [1.29, 1.82) is 0 Å². The zero-order valence-electron chi connectivity index (χ0n) is 16.1. The van der Waals surface area contributed by atoms with Crippen LogP contribution >= 0.6 is 23.4 Å². The number of nitrogens with one attached hydrogen (secondary N) is 1. The lowest BCUT2D eigenvalue weighted by Crippen LogP contribution is -2.49. The summed E-state index contributed by atoms with van der Waals surface area (Å²) >= 11 is 7.58. The summed E-state index contributed by atoms with van der Waals surface area (Å²) in [5.41, 5.74) is 1.56. The van der Waals surface area contributed by atoms with Crippen LogP contribution in [0.4, 0.5) is 0 Å². The van der Waals surface area contributed by atoms with Gasteiger partial charge in [-0.05, 0) is 42.7 Å². The van der Waals surface area contributed by atoms with Crippen molar-refractivity contribution < 1.29 is 4.79 Å². The molecule has 1 aliphatic rings. The molecule has 1 aliphatic carbocycles. The van der Waals surface area contributed by atoms with Crippen molar-refractivity contribution in [3.05, 3.63) is 70.8 Å². The topological polar surface area (TPSA) is 72.7 Å². The molecule has 150 valence electrons. The molecule has 0 aliphatic heterocycles. The number of aromatic nitrogens is 4. The first kappa shape index (κ1) is 19.9. The van der Waals surface area contributed by atoms with E-state index in [-0.39, 0.29) is 5.91 Å². The Morgan fingerprint density at radius 3 is 2.66 bits per heavy atom. The fourth-order valence-electron chi connectivity index (χ4n) is 3.52. The summed E-state index contributed by atoms with van der Waals surface area (Å²) in [6.07, 6.45) is 4.54. The number of hydrogen-bond acceptors (Lipinski definition) is 5. The molecule has 1 saturated carbocycles. The van der Waals surface area contributed by atoms with Gasteiger partial charge in [0.05, 0.1) is 17.7 Å². The molecule has 0 bridgehead atoms. The number of carbonyl (C=O) groups is 1. The highest BCUT2D eigenvalue weighted by Gasteiger charge is 2.45. The van der Waals surface area contributed by atoms with Crippen LogP contribution in [-0.4, -0.2) is 25.7 Å². The first-order chi connectivity index (χ1) is 14.1. The highest BCUT2D eigenvalue weighted by atomic mass is 35.5. The molecule has 0 atom stereocenters. The van der Waals surface area contributed by atoms with Gasteiger partial charge in [-0.15, -0.1) is 10.2 Å². The number of rotatable bonds is 7. The molecule has 2 heterocycles. The third-order valence-corrected chi connectivity index (χ3v) is 6.75. The zero-order valence-corrected chi connectivity index (χ0v) is 17.7. The summed E-state index contributed by atoms with van der Waals surface area (Å²) in [7, 11) is 1.92. The second-order valence-corrected chi connectivity index (χ2v) is 8.57. The molecule has 29 heavy (non-hydrogen) atoms. The fourth-order valence-corrected chi connectivity index (χ4v) is 4.49. The van der Waals surface area contributed by atoms with Crippen molar-refractivity contribution in [2.24, 2.45) is 7.05 Å². The molecule has 0 spiro atoms. The molecule has 6 nitrogen and oxygen atoms in total. The van der Waals surface area contributed by atoms with E-state index in [0.29, 0.717) is 11.6 Å². The predicted molar refractivity (Wildman–Crippen MR) is 114 cm³/mol. The molecule has 1 N–H and O–H groups in total. The van der Waals surface area contributed by atoms with E-state index in [1.54, 1.807) is 18.0 Å². The van der Waals surface area contributed by atoms with E-state index in [1.165, 1.54) is 0 Å². The van der Waals surface area contributed by atoms with Crippen LogP contribution in [0.3, 0.4) is 0 Å². The SMILES string of the molecule is Cn1c(CNC(=O)C2(c3ccc(Cl)cc3)CCC2)nnc1SCc1ccccn1. The molecule has 0 saturated heterocycles. The van der Waals surface area contributed by atoms with E-state index in [0.717, 1.165) is 47.3 Å². The van der Waals surface area contributed by atoms with Crippen molar-refractivity contribution in [1.82, 2.24) is 25.1 Å². The molecular weight excluding hydrogens is 406 g/mol. The lowest BCUT2D eigenvalue weighted by Gasteiger charge is -2.40. The van der Waals surface area contributed by atoms with Crippen LogP contribution in [-0.2, 0) is 29.6 Å². The highest BCUT2D eigenvalue weighted by molar-refractivity contribution is 7.98. The number of benzene rings is 1. The number of carbonyl (C=O) groups excluding carboxylic acids is 1. The van der Waals surface area contributed by atoms with Crippen molar-refractivity contribution in [3.63, 3.8) is 0 Å². The predicted octanol–water partition coefficient (Wildman–Crippen LogP) is 3.89. The number of nitrogens with zero attached hydrogens (tertiary/aromatic N) is 4. The van der Waals surface area contributed by atoms with Crippen molar-refractivity contribution >= 4 is 29.3 Å². The van der Waals surface area contributed by atoms with Crippen molar-refractivity contribution in [2.75, 3.05) is 0 Å². The summed E-state index contributed by atoms with van der Waals surface area (Å²) < 4.78 is 1.92. The van der Waals surface area contributed by atoms with Gasteiger partial charge in [0.2, 0.25) is 5.91 Å². The highest BCUT2D eigenvalue weighted by Crippen LogP contribution is 2.44. The summed E-state index contributed by atoms with van der Waals surface area (Å²) in [6, 6.07) is 13.5. The van der Waals surface area contributed by atoms with E-state index in [4.69, 9.17) is 11.6 Å². The monoisotopic (exact) mass is 427 g/mol. The van der Waals surface area contributed by atoms with Crippen LogP contribution in [0.15, 0.2) is 53.8 Å². The average molecular weight is 428 g/mol. The van der Waals surface area contributed by atoms with Crippen molar-refractivity contribution in [2.45, 2.75) is 42.1 Å². The molecule has 0 unspecified atom stereocenters. The summed E-state index contributed by atoms with van der Waals surface area (Å²) in [5.74, 6) is 1.49. The summed E-state index contributed by atoms with van der Waals surface area (Å²) in [5, 5.41) is 13.1. The quantitative estimate of drug-likeness (QED) is 0.579. The van der Waals surface area contributed by atoms with Gasteiger partial charge in [-0.2, -0.15) is 0 Å². The van der Waals surface area contributed by atoms with Gasteiger partial charge in [-0.3, -0.25) is 9.78 Å². The maximum atomic E-state index is 13.0. The Morgan fingerprint density at radius 2 is 2.00 bits per heavy atom. The number of pyridine rings is 1. The Hall–Kier alpha value is -2.38.